The minimum absolute atomic E-state index is 0.141. The summed E-state index contributed by atoms with van der Waals surface area (Å²) in [6, 6.07) is 1.24. The van der Waals surface area contributed by atoms with Crippen LogP contribution in [0.2, 0.25) is 0 Å². The van der Waals surface area contributed by atoms with Crippen molar-refractivity contribution in [2.45, 2.75) is 19.1 Å². The number of hydrogen-bond donors (Lipinski definition) is 2. The van der Waals surface area contributed by atoms with Crippen molar-refractivity contribution >= 4 is 22.8 Å². The summed E-state index contributed by atoms with van der Waals surface area (Å²) in [5.74, 6) is -1.14. The summed E-state index contributed by atoms with van der Waals surface area (Å²) >= 11 is 1.13. The van der Waals surface area contributed by atoms with Crippen LogP contribution in [-0.2, 0) is 0 Å². The maximum Gasteiger partial charge on any atom is 0.356 e. The number of H-pyrrole nitrogens is 1. The topological polar surface area (TPSA) is 83.1 Å². The minimum atomic E-state index is -1.14. The Morgan fingerprint density at radius 2 is 2.21 bits per heavy atom. The Morgan fingerprint density at radius 3 is 2.64 bits per heavy atom. The van der Waals surface area contributed by atoms with Gasteiger partial charge in [0.2, 0.25) is 5.12 Å². The molecule has 1 aromatic rings. The largest absolute Gasteiger partial charge is 0.476 e. The van der Waals surface area contributed by atoms with E-state index in [4.69, 9.17) is 5.11 Å². The highest BCUT2D eigenvalue weighted by molar-refractivity contribution is 8.14. The molecule has 0 aliphatic rings. The third-order valence-electron chi connectivity index (χ3n) is 1.36. The summed E-state index contributed by atoms with van der Waals surface area (Å²) in [4.78, 5) is 21.8. The fraction of sp³-hybridized carbons (Fsp3) is 0.375. The van der Waals surface area contributed by atoms with Gasteiger partial charge in [-0.25, -0.2) is 4.79 Å². The third-order valence-corrected chi connectivity index (χ3v) is 2.27. The first-order valence-electron chi connectivity index (χ1n) is 4.00. The Balaban J connectivity index is 2.76. The fourth-order valence-electron chi connectivity index (χ4n) is 0.813. The molecule has 0 amide bonds. The van der Waals surface area contributed by atoms with E-state index in [-0.39, 0.29) is 21.8 Å². The summed E-state index contributed by atoms with van der Waals surface area (Å²) in [7, 11) is 0. The van der Waals surface area contributed by atoms with E-state index in [2.05, 4.69) is 10.2 Å². The molecule has 2 N–H and O–H groups in total. The van der Waals surface area contributed by atoms with Crippen molar-refractivity contribution in [1.82, 2.24) is 10.2 Å². The highest BCUT2D eigenvalue weighted by Crippen LogP contribution is 2.16. The molecule has 0 fully saturated rings. The molecular formula is C8H10N2O3S. The molecular weight excluding hydrogens is 204 g/mol. The highest BCUT2D eigenvalue weighted by atomic mass is 32.2. The second-order valence-electron chi connectivity index (χ2n) is 2.93. The minimum Gasteiger partial charge on any atom is -0.476 e. The molecule has 0 bridgehead atoms. The van der Waals surface area contributed by atoms with E-state index in [1.54, 1.807) is 0 Å². The van der Waals surface area contributed by atoms with Crippen LogP contribution in [0.3, 0.4) is 0 Å². The van der Waals surface area contributed by atoms with Crippen LogP contribution in [-0.4, -0.2) is 31.6 Å². The number of thioether (sulfide) groups is 1. The summed E-state index contributed by atoms with van der Waals surface area (Å²) in [6.45, 7) is 3.77. The normalized spacial score (nSPS) is 10.5. The monoisotopic (exact) mass is 214 g/mol. The lowest BCUT2D eigenvalue weighted by Crippen LogP contribution is -1.99. The molecule has 1 rings (SSSR count). The summed E-state index contributed by atoms with van der Waals surface area (Å²) in [5, 5.41) is 14.4. The van der Waals surface area contributed by atoms with E-state index < -0.39 is 5.97 Å². The molecule has 0 aliphatic carbocycles. The van der Waals surface area contributed by atoms with Crippen LogP contribution >= 0.6 is 11.8 Å². The maximum atomic E-state index is 11.4. The van der Waals surface area contributed by atoms with Gasteiger partial charge in [0.1, 0.15) is 5.69 Å². The number of carboxylic acid groups (broad SMARTS) is 1. The van der Waals surface area contributed by atoms with Gasteiger partial charge in [-0.2, -0.15) is 5.10 Å². The van der Waals surface area contributed by atoms with Crippen LogP contribution < -0.4 is 0 Å². The Kier molecular flexibility index (Phi) is 3.29. The van der Waals surface area contributed by atoms with Crippen molar-refractivity contribution in [2.75, 3.05) is 0 Å². The molecule has 0 aliphatic heterocycles. The molecule has 0 saturated heterocycles. The van der Waals surface area contributed by atoms with E-state index in [0.717, 1.165) is 11.8 Å². The summed E-state index contributed by atoms with van der Waals surface area (Å²) in [6.07, 6.45) is 0. The number of hydrogen-bond acceptors (Lipinski definition) is 4. The molecule has 5 nitrogen and oxygen atoms in total. The predicted molar refractivity (Wildman–Crippen MR) is 52.6 cm³/mol. The van der Waals surface area contributed by atoms with Crippen LogP contribution in [0.1, 0.15) is 34.8 Å². The first-order chi connectivity index (χ1) is 6.50. The van der Waals surface area contributed by atoms with E-state index in [0.29, 0.717) is 0 Å². The summed E-state index contributed by atoms with van der Waals surface area (Å²) < 4.78 is 0. The molecule has 1 aromatic heterocycles. The Labute approximate surface area is 84.9 Å². The van der Waals surface area contributed by atoms with E-state index in [1.165, 1.54) is 6.07 Å². The molecule has 1 heterocycles. The van der Waals surface area contributed by atoms with Crippen molar-refractivity contribution in [3.05, 3.63) is 17.5 Å². The quantitative estimate of drug-likeness (QED) is 0.794. The van der Waals surface area contributed by atoms with Crippen LogP contribution in [0, 0.1) is 0 Å². The Hall–Kier alpha value is -1.30. The van der Waals surface area contributed by atoms with Gasteiger partial charge in [0.25, 0.3) is 0 Å². The van der Waals surface area contributed by atoms with Gasteiger partial charge in [-0.05, 0) is 0 Å². The van der Waals surface area contributed by atoms with Gasteiger partial charge < -0.3 is 5.11 Å². The standard InChI is InChI=1S/C8H10N2O3S/c1-4(2)14-8(13)6-3-5(7(11)12)9-10-6/h3-4H,1-2H3,(H,9,10)(H,11,12). The number of nitrogens with one attached hydrogen (secondary N) is 1. The second kappa shape index (κ2) is 4.28. The van der Waals surface area contributed by atoms with Crippen LogP contribution in [0.25, 0.3) is 0 Å². The smallest absolute Gasteiger partial charge is 0.356 e. The Bertz CT molecular complexity index is 359. The number of aromatic nitrogens is 2. The number of carboxylic acids is 1. The van der Waals surface area contributed by atoms with Crippen LogP contribution in [0.4, 0.5) is 0 Å². The average molecular weight is 214 g/mol. The number of carbonyl (C=O) groups excluding carboxylic acids is 1. The molecule has 0 spiro atoms. The van der Waals surface area contributed by atoms with Crippen molar-refractivity contribution in [2.24, 2.45) is 0 Å². The molecule has 0 atom stereocenters. The van der Waals surface area contributed by atoms with Gasteiger partial charge in [-0.1, -0.05) is 25.6 Å². The zero-order valence-corrected chi connectivity index (χ0v) is 8.59. The van der Waals surface area contributed by atoms with Gasteiger partial charge in [-0.3, -0.25) is 9.89 Å². The van der Waals surface area contributed by atoms with E-state index in [1.807, 2.05) is 13.8 Å². The van der Waals surface area contributed by atoms with Gasteiger partial charge in [0, 0.05) is 11.3 Å². The van der Waals surface area contributed by atoms with Crippen molar-refractivity contribution in [3.63, 3.8) is 0 Å². The molecule has 6 heteroatoms. The van der Waals surface area contributed by atoms with Gasteiger partial charge >= 0.3 is 5.97 Å². The highest BCUT2D eigenvalue weighted by Gasteiger charge is 2.14. The second-order valence-corrected chi connectivity index (χ2v) is 4.48. The molecule has 0 aromatic carbocycles. The lowest BCUT2D eigenvalue weighted by Gasteiger charge is -1.99. The predicted octanol–water partition coefficient (Wildman–Crippen LogP) is 1.39. The van der Waals surface area contributed by atoms with Crippen LogP contribution in [0.5, 0.6) is 0 Å². The van der Waals surface area contributed by atoms with Crippen molar-refractivity contribution in [1.29, 1.82) is 0 Å². The number of aromatic carboxylic acids is 1. The van der Waals surface area contributed by atoms with Crippen molar-refractivity contribution < 1.29 is 14.7 Å². The zero-order valence-electron chi connectivity index (χ0n) is 7.77. The fourth-order valence-corrected chi connectivity index (χ4v) is 1.47. The lowest BCUT2D eigenvalue weighted by molar-refractivity contribution is 0.0690. The summed E-state index contributed by atoms with van der Waals surface area (Å²) in [5.41, 5.74) is 0.0822. The number of aromatic amines is 1. The molecule has 0 unspecified atom stereocenters. The number of nitrogens with zero attached hydrogens (tertiary/aromatic N) is 1. The van der Waals surface area contributed by atoms with E-state index in [9.17, 15) is 9.59 Å². The first-order valence-corrected chi connectivity index (χ1v) is 4.88. The SMILES string of the molecule is CC(C)SC(=O)c1cc(C(=O)O)n[nH]1. The number of carbonyl (C=O) groups is 2. The van der Waals surface area contributed by atoms with Crippen LogP contribution in [0.15, 0.2) is 6.07 Å². The number of rotatable bonds is 3. The Morgan fingerprint density at radius 1 is 1.57 bits per heavy atom. The zero-order chi connectivity index (χ0) is 10.7. The lowest BCUT2D eigenvalue weighted by atomic mass is 10.4. The van der Waals surface area contributed by atoms with Crippen molar-refractivity contribution in [3.8, 4) is 0 Å². The molecule has 0 radical (unpaired) electrons. The maximum absolute atomic E-state index is 11.4. The first kappa shape index (κ1) is 10.8. The van der Waals surface area contributed by atoms with E-state index >= 15 is 0 Å². The molecule has 76 valence electrons. The van der Waals surface area contributed by atoms with Gasteiger partial charge in [0.15, 0.2) is 5.69 Å². The van der Waals surface area contributed by atoms with Gasteiger partial charge in [-0.15, -0.1) is 0 Å². The molecule has 14 heavy (non-hydrogen) atoms. The average Bonchev–Trinajstić information content (AvgIpc) is 2.50. The third kappa shape index (κ3) is 2.59. The van der Waals surface area contributed by atoms with Gasteiger partial charge in [0.05, 0.1) is 0 Å². The molecule has 0 saturated carbocycles.